The molecule has 128 valence electrons. The van der Waals surface area contributed by atoms with Gasteiger partial charge in [0.05, 0.1) is 11.2 Å². The third-order valence-corrected chi connectivity index (χ3v) is 4.82. The highest BCUT2D eigenvalue weighted by Crippen LogP contribution is 2.26. The third-order valence-electron chi connectivity index (χ3n) is 3.89. The molecule has 6 heteroatoms. The number of carbonyl (C=O) groups excluding carboxylic acids is 1. The zero-order valence-corrected chi connectivity index (χ0v) is 14.1. The van der Waals surface area contributed by atoms with Crippen LogP contribution in [0.25, 0.3) is 6.08 Å². The summed E-state index contributed by atoms with van der Waals surface area (Å²) in [5.41, 5.74) is 2.38. The minimum atomic E-state index is -3.76. The fourth-order valence-corrected chi connectivity index (χ4v) is 3.01. The van der Waals surface area contributed by atoms with E-state index in [1.165, 1.54) is 30.3 Å². The number of ketones is 1. The van der Waals surface area contributed by atoms with Gasteiger partial charge in [-0.3, -0.25) is 4.79 Å². The number of nitrogens with two attached hydrogens (primary N) is 1. The van der Waals surface area contributed by atoms with E-state index in [4.69, 9.17) is 9.88 Å². The van der Waals surface area contributed by atoms with Crippen LogP contribution < -0.4 is 5.14 Å². The second kappa shape index (κ2) is 7.04. The van der Waals surface area contributed by atoms with Gasteiger partial charge in [-0.15, -0.1) is 0 Å². The molecule has 0 radical (unpaired) electrons. The van der Waals surface area contributed by atoms with E-state index in [0.717, 1.165) is 17.5 Å². The second-order valence-corrected chi connectivity index (χ2v) is 7.23. The lowest BCUT2D eigenvalue weighted by Gasteiger charge is -2.10. The Morgan fingerprint density at radius 3 is 2.32 bits per heavy atom. The predicted molar refractivity (Wildman–Crippen MR) is 95.2 cm³/mol. The summed E-state index contributed by atoms with van der Waals surface area (Å²) in [6.07, 6.45) is 7.79. The van der Waals surface area contributed by atoms with Crippen LogP contribution in [0, 0.1) is 0 Å². The molecule has 1 atom stereocenters. The van der Waals surface area contributed by atoms with Crippen LogP contribution in [0.4, 0.5) is 0 Å². The summed E-state index contributed by atoms with van der Waals surface area (Å²) in [6, 6.07) is 13.3. The number of primary sulfonamides is 1. The van der Waals surface area contributed by atoms with Crippen LogP contribution >= 0.6 is 0 Å². The van der Waals surface area contributed by atoms with Crippen molar-refractivity contribution in [3.05, 3.63) is 83.6 Å². The standard InChI is InChI=1S/C19H17NO4S/c20-25(22,23)17-10-8-15(9-11-17)18(21)12-5-14-3-6-16(7-4-14)19-2-1-13-24-19/h1,3-13,19H,2H2,(H2,20,22,23). The number of benzene rings is 2. The first-order chi connectivity index (χ1) is 11.9. The number of hydrogen-bond acceptors (Lipinski definition) is 4. The van der Waals surface area contributed by atoms with Crippen molar-refractivity contribution in [1.82, 2.24) is 0 Å². The molecular weight excluding hydrogens is 338 g/mol. The van der Waals surface area contributed by atoms with Gasteiger partial charge in [0.15, 0.2) is 5.78 Å². The number of ether oxygens (including phenoxy) is 1. The van der Waals surface area contributed by atoms with Crippen LogP contribution in [0.2, 0.25) is 0 Å². The maximum atomic E-state index is 12.2. The highest BCUT2D eigenvalue weighted by molar-refractivity contribution is 7.89. The Balaban J connectivity index is 1.67. The number of allylic oxidation sites excluding steroid dienone is 1. The van der Waals surface area contributed by atoms with Crippen LogP contribution in [0.3, 0.4) is 0 Å². The van der Waals surface area contributed by atoms with E-state index in [0.29, 0.717) is 5.56 Å². The number of rotatable bonds is 5. The average molecular weight is 355 g/mol. The van der Waals surface area contributed by atoms with Crippen molar-refractivity contribution in [2.75, 3.05) is 0 Å². The minimum Gasteiger partial charge on any atom is -0.493 e. The Morgan fingerprint density at radius 2 is 1.76 bits per heavy atom. The molecule has 0 aromatic heterocycles. The van der Waals surface area contributed by atoms with Crippen LogP contribution in [-0.2, 0) is 14.8 Å². The van der Waals surface area contributed by atoms with Gasteiger partial charge in [0.2, 0.25) is 10.0 Å². The van der Waals surface area contributed by atoms with Crippen molar-refractivity contribution in [2.45, 2.75) is 17.4 Å². The SMILES string of the molecule is NS(=O)(=O)c1ccc(C(=O)C=Cc2ccc(C3CC=CO3)cc2)cc1. The molecule has 0 amide bonds. The summed E-state index contributed by atoms with van der Waals surface area (Å²) in [7, 11) is -3.76. The van der Waals surface area contributed by atoms with E-state index < -0.39 is 10.0 Å². The Kier molecular flexibility index (Phi) is 4.83. The Morgan fingerprint density at radius 1 is 1.08 bits per heavy atom. The summed E-state index contributed by atoms with van der Waals surface area (Å²) in [4.78, 5) is 12.1. The van der Waals surface area contributed by atoms with Crippen LogP contribution in [-0.4, -0.2) is 14.2 Å². The van der Waals surface area contributed by atoms with Crippen LogP contribution in [0.5, 0.6) is 0 Å². The first-order valence-electron chi connectivity index (χ1n) is 7.69. The maximum absolute atomic E-state index is 12.2. The molecule has 0 fully saturated rings. The molecule has 1 aliphatic heterocycles. The summed E-state index contributed by atoms with van der Waals surface area (Å²) in [5.74, 6) is -0.214. The number of sulfonamides is 1. The topological polar surface area (TPSA) is 86.5 Å². The molecule has 0 aliphatic carbocycles. The molecule has 1 aliphatic rings. The first kappa shape index (κ1) is 17.1. The average Bonchev–Trinajstić information content (AvgIpc) is 3.14. The van der Waals surface area contributed by atoms with Crippen molar-refractivity contribution < 1.29 is 17.9 Å². The zero-order chi connectivity index (χ0) is 17.9. The third kappa shape index (κ3) is 4.23. The van der Waals surface area contributed by atoms with E-state index >= 15 is 0 Å². The van der Waals surface area contributed by atoms with E-state index in [-0.39, 0.29) is 16.8 Å². The molecular formula is C19H17NO4S. The number of hydrogen-bond donors (Lipinski definition) is 1. The largest absolute Gasteiger partial charge is 0.493 e. The molecule has 3 rings (SSSR count). The van der Waals surface area contributed by atoms with Gasteiger partial charge in [-0.05, 0) is 47.5 Å². The number of carbonyl (C=O) groups is 1. The van der Waals surface area contributed by atoms with Gasteiger partial charge in [0.25, 0.3) is 0 Å². The van der Waals surface area contributed by atoms with Gasteiger partial charge in [-0.25, -0.2) is 13.6 Å². The fraction of sp³-hybridized carbons (Fsp3) is 0.105. The summed E-state index contributed by atoms with van der Waals surface area (Å²) < 4.78 is 27.9. The zero-order valence-electron chi connectivity index (χ0n) is 13.3. The van der Waals surface area contributed by atoms with Gasteiger partial charge in [0, 0.05) is 12.0 Å². The van der Waals surface area contributed by atoms with Crippen molar-refractivity contribution in [3.8, 4) is 0 Å². The predicted octanol–water partition coefficient (Wildman–Crippen LogP) is 3.21. The molecule has 0 saturated carbocycles. The molecule has 1 unspecified atom stereocenters. The monoisotopic (exact) mass is 355 g/mol. The second-order valence-electron chi connectivity index (χ2n) is 5.67. The molecule has 0 saturated heterocycles. The van der Waals surface area contributed by atoms with Crippen LogP contribution in [0.15, 0.2) is 71.8 Å². The van der Waals surface area contributed by atoms with E-state index in [1.54, 1.807) is 12.3 Å². The molecule has 0 spiro atoms. The Labute approximate surface area is 146 Å². The van der Waals surface area contributed by atoms with Crippen molar-refractivity contribution >= 4 is 21.9 Å². The molecule has 2 aromatic rings. The van der Waals surface area contributed by atoms with Crippen molar-refractivity contribution in [1.29, 1.82) is 0 Å². The molecule has 2 N–H and O–H groups in total. The normalized spacial score (nSPS) is 16.9. The van der Waals surface area contributed by atoms with Gasteiger partial charge >= 0.3 is 0 Å². The smallest absolute Gasteiger partial charge is 0.238 e. The van der Waals surface area contributed by atoms with E-state index in [2.05, 4.69) is 0 Å². The lowest BCUT2D eigenvalue weighted by Crippen LogP contribution is -2.12. The molecule has 2 aromatic carbocycles. The Hall–Kier alpha value is -2.70. The van der Waals surface area contributed by atoms with Crippen molar-refractivity contribution in [3.63, 3.8) is 0 Å². The summed E-state index contributed by atoms with van der Waals surface area (Å²) in [6.45, 7) is 0. The van der Waals surface area contributed by atoms with Gasteiger partial charge < -0.3 is 4.74 Å². The van der Waals surface area contributed by atoms with Gasteiger partial charge in [-0.2, -0.15) is 0 Å². The molecule has 25 heavy (non-hydrogen) atoms. The highest BCUT2D eigenvalue weighted by Gasteiger charge is 2.13. The summed E-state index contributed by atoms with van der Waals surface area (Å²) in [5, 5.41) is 5.04. The van der Waals surface area contributed by atoms with E-state index in [1.807, 2.05) is 30.3 Å². The molecule has 5 nitrogen and oxygen atoms in total. The lowest BCUT2D eigenvalue weighted by atomic mass is 10.0. The van der Waals surface area contributed by atoms with Gasteiger partial charge in [-0.1, -0.05) is 30.3 Å². The minimum absolute atomic E-state index is 0.0211. The lowest BCUT2D eigenvalue weighted by molar-refractivity contribution is 0.104. The summed E-state index contributed by atoms with van der Waals surface area (Å²) >= 11 is 0. The molecule has 0 bridgehead atoms. The Bertz CT molecular complexity index is 918. The van der Waals surface area contributed by atoms with E-state index in [9.17, 15) is 13.2 Å². The first-order valence-corrected chi connectivity index (χ1v) is 9.24. The maximum Gasteiger partial charge on any atom is 0.238 e. The van der Waals surface area contributed by atoms with Crippen LogP contribution in [0.1, 0.15) is 34.0 Å². The highest BCUT2D eigenvalue weighted by atomic mass is 32.2. The molecule has 1 heterocycles. The van der Waals surface area contributed by atoms with Crippen molar-refractivity contribution in [2.24, 2.45) is 5.14 Å². The quantitative estimate of drug-likeness (QED) is 0.659. The fourth-order valence-electron chi connectivity index (χ4n) is 2.50. The van der Waals surface area contributed by atoms with Gasteiger partial charge in [0.1, 0.15) is 6.10 Å².